The Bertz CT molecular complexity index is 410. The number of hydrogen-bond donors (Lipinski definition) is 1. The van der Waals surface area contributed by atoms with Gasteiger partial charge in [-0.3, -0.25) is 0 Å². The molecule has 1 aromatic heterocycles. The van der Waals surface area contributed by atoms with Gasteiger partial charge in [-0.05, 0) is 18.2 Å². The third-order valence-electron chi connectivity index (χ3n) is 1.67. The molecule has 0 saturated carbocycles. The highest BCUT2D eigenvalue weighted by atomic mass is 35.5. The first-order valence-corrected chi connectivity index (χ1v) is 3.92. The molecule has 1 aromatic carbocycles. The van der Waals surface area contributed by atoms with Gasteiger partial charge in [0.25, 0.3) is 0 Å². The Hall–Kier alpha value is -1.22. The van der Waals surface area contributed by atoms with Gasteiger partial charge in [0.1, 0.15) is 0 Å². The van der Waals surface area contributed by atoms with Gasteiger partial charge in [0.2, 0.25) is 0 Å². The highest BCUT2D eigenvalue weighted by Crippen LogP contribution is 2.25. The van der Waals surface area contributed by atoms with Crippen LogP contribution in [0.1, 0.15) is 0 Å². The Kier molecular flexibility index (Phi) is 1.66. The van der Waals surface area contributed by atoms with Crippen molar-refractivity contribution < 1.29 is 4.52 Å². The van der Waals surface area contributed by atoms with Crippen molar-refractivity contribution in [2.45, 2.75) is 0 Å². The maximum absolute atomic E-state index is 5.81. The van der Waals surface area contributed by atoms with Gasteiger partial charge in [0.15, 0.2) is 11.4 Å². The number of halogens is 1. The molecule has 3 nitrogen and oxygen atoms in total. The predicted octanol–water partition coefficient (Wildman–Crippen LogP) is 2.52. The van der Waals surface area contributed by atoms with E-state index in [1.165, 1.54) is 0 Å². The number of fused-ring (bicyclic) bond motifs is 1. The molecule has 0 aliphatic rings. The molecule has 0 atom stereocenters. The fourth-order valence-corrected chi connectivity index (χ4v) is 1.26. The van der Waals surface area contributed by atoms with Crippen LogP contribution in [0.3, 0.4) is 0 Å². The lowest BCUT2D eigenvalue weighted by atomic mass is 10.2. The Morgan fingerprint density at radius 1 is 1.50 bits per heavy atom. The van der Waals surface area contributed by atoms with Crippen molar-refractivity contribution in [2.75, 3.05) is 12.4 Å². The molecule has 0 saturated heterocycles. The summed E-state index contributed by atoms with van der Waals surface area (Å²) in [5.41, 5.74) is 0.740. The summed E-state index contributed by atoms with van der Waals surface area (Å²) in [7, 11) is 1.79. The number of nitrogens with zero attached hydrogens (tertiary/aromatic N) is 1. The summed E-state index contributed by atoms with van der Waals surface area (Å²) >= 11 is 5.81. The SMILES string of the molecule is CNc1noc2ccc(Cl)cc12. The summed E-state index contributed by atoms with van der Waals surface area (Å²) in [6, 6.07) is 5.39. The van der Waals surface area contributed by atoms with Crippen LogP contribution < -0.4 is 5.32 Å². The van der Waals surface area contributed by atoms with Crippen molar-refractivity contribution in [3.05, 3.63) is 23.2 Å². The second-order valence-corrected chi connectivity index (χ2v) is 2.86. The molecule has 12 heavy (non-hydrogen) atoms. The van der Waals surface area contributed by atoms with Crippen molar-refractivity contribution >= 4 is 28.4 Å². The van der Waals surface area contributed by atoms with Crippen LogP contribution in [0.15, 0.2) is 22.7 Å². The molecule has 2 aromatic rings. The second kappa shape index (κ2) is 2.68. The Balaban J connectivity index is 2.75. The first-order chi connectivity index (χ1) is 5.81. The predicted molar refractivity (Wildman–Crippen MR) is 48.6 cm³/mol. The number of hydrogen-bond acceptors (Lipinski definition) is 3. The number of anilines is 1. The molecule has 0 amide bonds. The van der Waals surface area contributed by atoms with Gasteiger partial charge in [0.05, 0.1) is 5.39 Å². The van der Waals surface area contributed by atoms with Crippen LogP contribution in [0.5, 0.6) is 0 Å². The van der Waals surface area contributed by atoms with E-state index in [9.17, 15) is 0 Å². The molecule has 62 valence electrons. The molecule has 1 heterocycles. The maximum atomic E-state index is 5.81. The molecular weight excluding hydrogens is 176 g/mol. The quantitative estimate of drug-likeness (QED) is 0.737. The van der Waals surface area contributed by atoms with E-state index in [1.807, 2.05) is 6.07 Å². The highest BCUT2D eigenvalue weighted by molar-refractivity contribution is 6.31. The Morgan fingerprint density at radius 3 is 3.08 bits per heavy atom. The molecule has 4 heteroatoms. The topological polar surface area (TPSA) is 38.1 Å². The summed E-state index contributed by atoms with van der Waals surface area (Å²) in [6.07, 6.45) is 0. The van der Waals surface area contributed by atoms with Crippen LogP contribution in [0, 0.1) is 0 Å². The van der Waals surface area contributed by atoms with Gasteiger partial charge in [0, 0.05) is 12.1 Å². The largest absolute Gasteiger partial charge is 0.370 e. The van der Waals surface area contributed by atoms with Crippen molar-refractivity contribution in [1.82, 2.24) is 5.16 Å². The third-order valence-corrected chi connectivity index (χ3v) is 1.90. The molecule has 0 aliphatic carbocycles. The molecule has 2 rings (SSSR count). The summed E-state index contributed by atoms with van der Waals surface area (Å²) in [4.78, 5) is 0. The van der Waals surface area contributed by atoms with Gasteiger partial charge in [-0.15, -0.1) is 0 Å². The molecule has 0 spiro atoms. The van der Waals surface area contributed by atoms with Crippen LogP contribution in [0.25, 0.3) is 11.0 Å². The molecule has 0 aliphatic heterocycles. The molecule has 0 radical (unpaired) electrons. The summed E-state index contributed by atoms with van der Waals surface area (Å²) in [5, 5.41) is 8.31. The lowest BCUT2D eigenvalue weighted by Gasteiger charge is -1.91. The lowest BCUT2D eigenvalue weighted by Crippen LogP contribution is -1.86. The monoisotopic (exact) mass is 182 g/mol. The van der Waals surface area contributed by atoms with Crippen molar-refractivity contribution in [1.29, 1.82) is 0 Å². The van der Waals surface area contributed by atoms with Crippen LogP contribution in [0.2, 0.25) is 5.02 Å². The van der Waals surface area contributed by atoms with E-state index in [2.05, 4.69) is 10.5 Å². The zero-order chi connectivity index (χ0) is 8.55. The zero-order valence-electron chi connectivity index (χ0n) is 6.47. The second-order valence-electron chi connectivity index (χ2n) is 2.42. The van der Waals surface area contributed by atoms with Crippen LogP contribution in [-0.4, -0.2) is 12.2 Å². The molecule has 0 bridgehead atoms. The molecule has 1 N–H and O–H groups in total. The van der Waals surface area contributed by atoms with E-state index in [0.717, 1.165) is 11.0 Å². The number of rotatable bonds is 1. The summed E-state index contributed by atoms with van der Waals surface area (Å²) in [5.74, 6) is 0.715. The van der Waals surface area contributed by atoms with Gasteiger partial charge in [-0.1, -0.05) is 16.8 Å². The van der Waals surface area contributed by atoms with E-state index in [-0.39, 0.29) is 0 Å². The van der Waals surface area contributed by atoms with Gasteiger partial charge in [-0.2, -0.15) is 0 Å². The Morgan fingerprint density at radius 2 is 2.33 bits per heavy atom. The van der Waals surface area contributed by atoms with Gasteiger partial charge < -0.3 is 9.84 Å². The summed E-state index contributed by atoms with van der Waals surface area (Å²) in [6.45, 7) is 0. The standard InChI is InChI=1S/C8H7ClN2O/c1-10-8-6-4-5(9)2-3-7(6)12-11-8/h2-4H,1H3,(H,10,11). The van der Waals surface area contributed by atoms with Crippen molar-refractivity contribution in [3.8, 4) is 0 Å². The van der Waals surface area contributed by atoms with Crippen LogP contribution in [-0.2, 0) is 0 Å². The molecule has 0 fully saturated rings. The van der Waals surface area contributed by atoms with E-state index < -0.39 is 0 Å². The fraction of sp³-hybridized carbons (Fsp3) is 0.125. The number of nitrogens with one attached hydrogen (secondary N) is 1. The highest BCUT2D eigenvalue weighted by Gasteiger charge is 2.05. The third kappa shape index (κ3) is 1.02. The molecule has 0 unspecified atom stereocenters. The lowest BCUT2D eigenvalue weighted by molar-refractivity contribution is 0.460. The van der Waals surface area contributed by atoms with E-state index in [4.69, 9.17) is 16.1 Å². The van der Waals surface area contributed by atoms with E-state index in [0.29, 0.717) is 10.8 Å². The first-order valence-electron chi connectivity index (χ1n) is 3.54. The fourth-order valence-electron chi connectivity index (χ4n) is 1.09. The minimum absolute atomic E-state index is 0.683. The minimum atomic E-state index is 0.683. The first kappa shape index (κ1) is 7.43. The Labute approximate surface area is 74.3 Å². The normalized spacial score (nSPS) is 10.5. The summed E-state index contributed by atoms with van der Waals surface area (Å²) < 4.78 is 5.02. The van der Waals surface area contributed by atoms with Crippen molar-refractivity contribution in [2.24, 2.45) is 0 Å². The van der Waals surface area contributed by atoms with Gasteiger partial charge in [-0.25, -0.2) is 0 Å². The molecular formula is C8H7ClN2O. The average molecular weight is 183 g/mol. The average Bonchev–Trinajstić information content (AvgIpc) is 2.46. The zero-order valence-corrected chi connectivity index (χ0v) is 7.22. The van der Waals surface area contributed by atoms with Crippen LogP contribution >= 0.6 is 11.6 Å². The van der Waals surface area contributed by atoms with Crippen LogP contribution in [0.4, 0.5) is 5.82 Å². The smallest absolute Gasteiger partial charge is 0.177 e. The number of aromatic nitrogens is 1. The van der Waals surface area contributed by atoms with Gasteiger partial charge >= 0.3 is 0 Å². The maximum Gasteiger partial charge on any atom is 0.177 e. The minimum Gasteiger partial charge on any atom is -0.370 e. The van der Waals surface area contributed by atoms with E-state index in [1.54, 1.807) is 19.2 Å². The van der Waals surface area contributed by atoms with Crippen molar-refractivity contribution in [3.63, 3.8) is 0 Å². The number of benzene rings is 1. The van der Waals surface area contributed by atoms with E-state index >= 15 is 0 Å².